The van der Waals surface area contributed by atoms with Gasteiger partial charge in [0.15, 0.2) is 0 Å². The van der Waals surface area contributed by atoms with Crippen molar-refractivity contribution in [1.82, 2.24) is 14.9 Å². The highest BCUT2D eigenvalue weighted by molar-refractivity contribution is 6.42. The summed E-state index contributed by atoms with van der Waals surface area (Å²) in [6.07, 6.45) is 6.57. The smallest absolute Gasteiger partial charge is 0.0946 e. The standard InChI is InChI=1S/C14H17Cl2N3/c1-2-14(11-3-4-12(15)13(16)9-11)18-6-8-19-7-5-17-10-19/h3-5,7,9-10,14,18H,2,6,8H2,1H3. The average molecular weight is 298 g/mol. The van der Waals surface area contributed by atoms with Crippen LogP contribution < -0.4 is 5.32 Å². The molecule has 0 saturated carbocycles. The second-order valence-corrected chi connectivity index (χ2v) is 5.20. The lowest BCUT2D eigenvalue weighted by atomic mass is 10.0. The molecule has 3 nitrogen and oxygen atoms in total. The zero-order valence-electron chi connectivity index (χ0n) is 10.8. The third kappa shape index (κ3) is 3.96. The molecule has 0 aliphatic heterocycles. The summed E-state index contributed by atoms with van der Waals surface area (Å²) in [5, 5.41) is 4.72. The summed E-state index contributed by atoms with van der Waals surface area (Å²) in [6, 6.07) is 6.09. The van der Waals surface area contributed by atoms with Crippen molar-refractivity contribution in [3.63, 3.8) is 0 Å². The van der Waals surface area contributed by atoms with Crippen LogP contribution in [0.1, 0.15) is 24.9 Å². The van der Waals surface area contributed by atoms with E-state index in [1.54, 1.807) is 6.20 Å². The van der Waals surface area contributed by atoms with E-state index < -0.39 is 0 Å². The molecule has 2 aromatic rings. The van der Waals surface area contributed by atoms with Gasteiger partial charge in [-0.25, -0.2) is 4.98 Å². The third-order valence-electron chi connectivity index (χ3n) is 3.07. The number of hydrogen-bond donors (Lipinski definition) is 1. The van der Waals surface area contributed by atoms with Crippen molar-refractivity contribution in [2.45, 2.75) is 25.9 Å². The molecule has 0 aliphatic rings. The second-order valence-electron chi connectivity index (χ2n) is 4.39. The molecular formula is C14H17Cl2N3. The van der Waals surface area contributed by atoms with E-state index in [0.29, 0.717) is 16.1 Å². The van der Waals surface area contributed by atoms with E-state index in [4.69, 9.17) is 23.2 Å². The maximum atomic E-state index is 6.06. The van der Waals surface area contributed by atoms with Gasteiger partial charge in [0, 0.05) is 31.5 Å². The van der Waals surface area contributed by atoms with E-state index in [-0.39, 0.29) is 0 Å². The molecule has 0 radical (unpaired) electrons. The van der Waals surface area contributed by atoms with Crippen LogP contribution in [0.15, 0.2) is 36.9 Å². The number of halogens is 2. The molecule has 1 aromatic heterocycles. The van der Waals surface area contributed by atoms with Gasteiger partial charge in [0.25, 0.3) is 0 Å². The zero-order chi connectivity index (χ0) is 13.7. The number of imidazole rings is 1. The van der Waals surface area contributed by atoms with Crippen molar-refractivity contribution in [3.05, 3.63) is 52.5 Å². The molecule has 1 heterocycles. The first-order valence-corrected chi connectivity index (χ1v) is 7.10. The Labute approximate surface area is 123 Å². The minimum atomic E-state index is 0.290. The summed E-state index contributed by atoms with van der Waals surface area (Å²) in [5.74, 6) is 0. The number of nitrogens with zero attached hydrogens (tertiary/aromatic N) is 2. The van der Waals surface area contributed by atoms with Crippen LogP contribution in [0.5, 0.6) is 0 Å². The minimum Gasteiger partial charge on any atom is -0.336 e. The fourth-order valence-electron chi connectivity index (χ4n) is 2.01. The van der Waals surface area contributed by atoms with Gasteiger partial charge in [0.2, 0.25) is 0 Å². The Morgan fingerprint density at radius 2 is 2.16 bits per heavy atom. The Morgan fingerprint density at radius 3 is 2.79 bits per heavy atom. The third-order valence-corrected chi connectivity index (χ3v) is 3.81. The molecule has 1 aromatic carbocycles. The Balaban J connectivity index is 1.93. The fourth-order valence-corrected chi connectivity index (χ4v) is 2.32. The van der Waals surface area contributed by atoms with Crippen LogP contribution in [-0.4, -0.2) is 16.1 Å². The highest BCUT2D eigenvalue weighted by atomic mass is 35.5. The Morgan fingerprint density at radius 1 is 1.32 bits per heavy atom. The summed E-state index contributed by atoms with van der Waals surface area (Å²) in [6.45, 7) is 3.93. The van der Waals surface area contributed by atoms with E-state index in [2.05, 4.69) is 21.8 Å². The molecule has 19 heavy (non-hydrogen) atoms. The maximum Gasteiger partial charge on any atom is 0.0946 e. The Bertz CT molecular complexity index is 511. The van der Waals surface area contributed by atoms with Crippen LogP contribution in [0.25, 0.3) is 0 Å². The minimum absolute atomic E-state index is 0.290. The first-order chi connectivity index (χ1) is 9.20. The summed E-state index contributed by atoms with van der Waals surface area (Å²) >= 11 is 12.0. The van der Waals surface area contributed by atoms with E-state index in [0.717, 1.165) is 19.5 Å². The molecule has 0 amide bonds. The largest absolute Gasteiger partial charge is 0.336 e. The van der Waals surface area contributed by atoms with E-state index in [1.165, 1.54) is 5.56 Å². The van der Waals surface area contributed by atoms with Gasteiger partial charge in [-0.3, -0.25) is 0 Å². The van der Waals surface area contributed by atoms with Crippen LogP contribution in [0.4, 0.5) is 0 Å². The number of nitrogens with one attached hydrogen (secondary N) is 1. The molecule has 0 aliphatic carbocycles. The van der Waals surface area contributed by atoms with Crippen LogP contribution in [0.3, 0.4) is 0 Å². The average Bonchev–Trinajstić information content (AvgIpc) is 2.91. The lowest BCUT2D eigenvalue weighted by Gasteiger charge is -2.18. The Hall–Kier alpha value is -1.03. The van der Waals surface area contributed by atoms with Gasteiger partial charge < -0.3 is 9.88 Å². The summed E-state index contributed by atoms with van der Waals surface area (Å²) in [5.41, 5.74) is 1.17. The molecule has 0 spiro atoms. The second kappa shape index (κ2) is 6.94. The Kier molecular flexibility index (Phi) is 5.25. The molecule has 0 bridgehead atoms. The maximum absolute atomic E-state index is 6.06. The van der Waals surface area contributed by atoms with Gasteiger partial charge >= 0.3 is 0 Å². The number of hydrogen-bond acceptors (Lipinski definition) is 2. The van der Waals surface area contributed by atoms with Crippen molar-refractivity contribution in [3.8, 4) is 0 Å². The molecular weight excluding hydrogens is 281 g/mol. The van der Waals surface area contributed by atoms with Crippen molar-refractivity contribution in [2.75, 3.05) is 6.54 Å². The van der Waals surface area contributed by atoms with Crippen molar-refractivity contribution in [2.24, 2.45) is 0 Å². The topological polar surface area (TPSA) is 29.9 Å². The first kappa shape index (κ1) is 14.4. The van der Waals surface area contributed by atoms with E-state index in [1.807, 2.05) is 30.7 Å². The number of rotatable bonds is 6. The SMILES string of the molecule is CCC(NCCn1ccnc1)c1ccc(Cl)c(Cl)c1. The molecule has 1 N–H and O–H groups in total. The van der Waals surface area contributed by atoms with Crippen molar-refractivity contribution in [1.29, 1.82) is 0 Å². The molecule has 102 valence electrons. The summed E-state index contributed by atoms with van der Waals surface area (Å²) < 4.78 is 2.05. The van der Waals surface area contributed by atoms with E-state index in [9.17, 15) is 0 Å². The predicted octanol–water partition coefficient (Wildman–Crippen LogP) is 3.93. The molecule has 5 heteroatoms. The molecule has 1 unspecified atom stereocenters. The molecule has 2 rings (SSSR count). The highest BCUT2D eigenvalue weighted by Crippen LogP contribution is 2.26. The van der Waals surface area contributed by atoms with Crippen LogP contribution >= 0.6 is 23.2 Å². The lowest BCUT2D eigenvalue weighted by molar-refractivity contribution is 0.492. The van der Waals surface area contributed by atoms with Gasteiger partial charge in [0.05, 0.1) is 16.4 Å². The van der Waals surface area contributed by atoms with Crippen molar-refractivity contribution < 1.29 is 0 Å². The monoisotopic (exact) mass is 297 g/mol. The van der Waals surface area contributed by atoms with Crippen molar-refractivity contribution >= 4 is 23.2 Å². The summed E-state index contributed by atoms with van der Waals surface area (Å²) in [7, 11) is 0. The lowest BCUT2D eigenvalue weighted by Crippen LogP contribution is -2.24. The fraction of sp³-hybridized carbons (Fsp3) is 0.357. The van der Waals surface area contributed by atoms with Crippen LogP contribution in [0, 0.1) is 0 Å². The molecule has 0 fully saturated rings. The summed E-state index contributed by atoms with van der Waals surface area (Å²) in [4.78, 5) is 4.02. The van der Waals surface area contributed by atoms with Crippen LogP contribution in [0.2, 0.25) is 10.0 Å². The van der Waals surface area contributed by atoms with Crippen LogP contribution in [-0.2, 0) is 6.54 Å². The van der Waals surface area contributed by atoms with Gasteiger partial charge in [-0.1, -0.05) is 36.2 Å². The van der Waals surface area contributed by atoms with Gasteiger partial charge in [-0.05, 0) is 24.1 Å². The van der Waals surface area contributed by atoms with E-state index >= 15 is 0 Å². The zero-order valence-corrected chi connectivity index (χ0v) is 12.3. The molecule has 1 atom stereocenters. The number of benzene rings is 1. The number of aromatic nitrogens is 2. The molecule has 0 saturated heterocycles. The van der Waals surface area contributed by atoms with Gasteiger partial charge in [-0.2, -0.15) is 0 Å². The predicted molar refractivity (Wildman–Crippen MR) is 79.7 cm³/mol. The quantitative estimate of drug-likeness (QED) is 0.875. The highest BCUT2D eigenvalue weighted by Gasteiger charge is 2.10. The van der Waals surface area contributed by atoms with Gasteiger partial charge in [-0.15, -0.1) is 0 Å². The first-order valence-electron chi connectivity index (χ1n) is 6.34. The van der Waals surface area contributed by atoms with Gasteiger partial charge in [0.1, 0.15) is 0 Å². The normalized spacial score (nSPS) is 12.6.